The number of carbonyl (C=O) groups excluding carboxylic acids is 1. The van der Waals surface area contributed by atoms with Gasteiger partial charge in [0.1, 0.15) is 11.5 Å². The zero-order chi connectivity index (χ0) is 27.4. The fourth-order valence-electron chi connectivity index (χ4n) is 5.61. The minimum absolute atomic E-state index is 0.0918. The van der Waals surface area contributed by atoms with E-state index in [2.05, 4.69) is 5.32 Å². The van der Waals surface area contributed by atoms with Crippen LogP contribution in [0.4, 0.5) is 30.2 Å². The number of esters is 1. The monoisotopic (exact) mass is 530 g/mol. The van der Waals surface area contributed by atoms with Gasteiger partial charge in [-0.1, -0.05) is 42.5 Å². The average Bonchev–Trinajstić information content (AvgIpc) is 3.22. The topological polar surface area (TPSA) is 50.8 Å². The third kappa shape index (κ3) is 3.81. The molecule has 1 spiro atoms. The van der Waals surface area contributed by atoms with Crippen LogP contribution in [-0.4, -0.2) is 19.1 Å². The first-order valence-electron chi connectivity index (χ1n) is 12.7. The average molecular weight is 531 g/mol. The Morgan fingerprint density at radius 3 is 2.26 bits per heavy atom. The molecule has 0 saturated heterocycles. The van der Waals surface area contributed by atoms with Crippen LogP contribution < -0.4 is 15.0 Å². The van der Waals surface area contributed by atoms with Gasteiger partial charge in [-0.3, -0.25) is 0 Å². The lowest BCUT2D eigenvalue weighted by Gasteiger charge is -2.36. The molecule has 4 aromatic carbocycles. The van der Waals surface area contributed by atoms with E-state index < -0.39 is 23.3 Å². The normalized spacial score (nSPS) is 17.1. The van der Waals surface area contributed by atoms with Gasteiger partial charge in [-0.2, -0.15) is 13.2 Å². The number of hydrogen-bond acceptors (Lipinski definition) is 5. The molecule has 6 rings (SSSR count). The molecule has 2 heterocycles. The smallest absolute Gasteiger partial charge is 0.418 e. The van der Waals surface area contributed by atoms with E-state index in [4.69, 9.17) is 9.47 Å². The van der Waals surface area contributed by atoms with Gasteiger partial charge < -0.3 is 19.7 Å². The van der Waals surface area contributed by atoms with Crippen molar-refractivity contribution < 1.29 is 27.4 Å². The second-order valence-corrected chi connectivity index (χ2v) is 9.42. The van der Waals surface area contributed by atoms with Crippen LogP contribution in [0.25, 0.3) is 0 Å². The fourth-order valence-corrected chi connectivity index (χ4v) is 5.61. The standard InChI is InChI=1S/C31H25F3N2O3/c1-3-36(4-2)28-24(31(32,33)34)13-9-14-25(28)35-19-16-17-23-27(18-19)38-26-15-8-7-12-22(26)30(23)21-11-6-5-10-20(21)29(37)39-30/h5-18,35H,3-4H2,1-2H3. The van der Waals surface area contributed by atoms with Gasteiger partial charge in [0.05, 0.1) is 22.5 Å². The van der Waals surface area contributed by atoms with E-state index in [1.54, 1.807) is 47.4 Å². The van der Waals surface area contributed by atoms with Crippen LogP contribution in [-0.2, 0) is 16.5 Å². The summed E-state index contributed by atoms with van der Waals surface area (Å²) in [6, 6.07) is 24.1. The zero-order valence-corrected chi connectivity index (χ0v) is 21.3. The molecule has 0 amide bonds. The third-order valence-electron chi connectivity index (χ3n) is 7.32. The summed E-state index contributed by atoms with van der Waals surface area (Å²) in [5.74, 6) is 0.553. The van der Waals surface area contributed by atoms with E-state index in [0.29, 0.717) is 52.7 Å². The fraction of sp³-hybridized carbons (Fsp3) is 0.194. The zero-order valence-electron chi connectivity index (χ0n) is 21.3. The Balaban J connectivity index is 1.48. The van der Waals surface area contributed by atoms with Crippen molar-refractivity contribution in [3.63, 3.8) is 0 Å². The number of fused-ring (bicyclic) bond motifs is 6. The van der Waals surface area contributed by atoms with E-state index in [1.165, 1.54) is 6.07 Å². The summed E-state index contributed by atoms with van der Waals surface area (Å²) < 4.78 is 54.3. The number of ether oxygens (including phenoxy) is 2. The van der Waals surface area contributed by atoms with Gasteiger partial charge in [0.15, 0.2) is 5.60 Å². The highest BCUT2D eigenvalue weighted by atomic mass is 19.4. The Kier molecular flexibility index (Phi) is 5.79. The molecule has 0 saturated carbocycles. The minimum Gasteiger partial charge on any atom is -0.456 e. The molecule has 2 aliphatic rings. The van der Waals surface area contributed by atoms with Crippen molar-refractivity contribution >= 4 is 23.0 Å². The predicted octanol–water partition coefficient (Wildman–Crippen LogP) is 7.86. The van der Waals surface area contributed by atoms with Gasteiger partial charge in [0.2, 0.25) is 0 Å². The van der Waals surface area contributed by atoms with Gasteiger partial charge in [0, 0.05) is 41.5 Å². The van der Waals surface area contributed by atoms with Crippen molar-refractivity contribution in [2.24, 2.45) is 0 Å². The third-order valence-corrected chi connectivity index (χ3v) is 7.32. The summed E-state index contributed by atoms with van der Waals surface area (Å²) in [4.78, 5) is 14.6. The molecule has 0 aromatic heterocycles. The van der Waals surface area contributed by atoms with E-state index >= 15 is 0 Å². The quantitative estimate of drug-likeness (QED) is 0.266. The molecule has 1 N–H and O–H groups in total. The van der Waals surface area contributed by atoms with Crippen LogP contribution in [0.1, 0.15) is 46.5 Å². The summed E-state index contributed by atoms with van der Waals surface area (Å²) in [5.41, 5.74) is 1.60. The number of benzene rings is 4. The number of para-hydroxylation sites is 2. The highest BCUT2D eigenvalue weighted by molar-refractivity contribution is 5.97. The van der Waals surface area contributed by atoms with Crippen LogP contribution in [0.2, 0.25) is 0 Å². The first kappa shape index (κ1) is 24.9. The van der Waals surface area contributed by atoms with Crippen molar-refractivity contribution in [3.05, 3.63) is 113 Å². The minimum atomic E-state index is -4.51. The maximum Gasteiger partial charge on any atom is 0.418 e. The highest BCUT2D eigenvalue weighted by Gasteiger charge is 2.53. The lowest BCUT2D eigenvalue weighted by molar-refractivity contribution is -0.137. The molecular weight excluding hydrogens is 505 g/mol. The van der Waals surface area contributed by atoms with Crippen LogP contribution in [0.15, 0.2) is 84.9 Å². The first-order valence-corrected chi connectivity index (χ1v) is 12.7. The number of alkyl halides is 3. The van der Waals surface area contributed by atoms with Gasteiger partial charge in [-0.05, 0) is 50.2 Å². The summed E-state index contributed by atoms with van der Waals surface area (Å²) >= 11 is 0. The molecular formula is C31H25F3N2O3. The van der Waals surface area contributed by atoms with Crippen LogP contribution in [0.3, 0.4) is 0 Å². The first-order chi connectivity index (χ1) is 18.8. The lowest BCUT2D eigenvalue weighted by Crippen LogP contribution is -2.33. The number of carbonyl (C=O) groups is 1. The number of anilines is 3. The van der Waals surface area contributed by atoms with Crippen molar-refractivity contribution in [2.45, 2.75) is 25.6 Å². The predicted molar refractivity (Wildman–Crippen MR) is 143 cm³/mol. The maximum absolute atomic E-state index is 14.0. The summed E-state index contributed by atoms with van der Waals surface area (Å²) in [6.07, 6.45) is -4.51. The van der Waals surface area contributed by atoms with Gasteiger partial charge >= 0.3 is 12.1 Å². The molecule has 0 radical (unpaired) electrons. The second kappa shape index (κ2) is 9.08. The van der Waals surface area contributed by atoms with E-state index in [-0.39, 0.29) is 5.69 Å². The maximum atomic E-state index is 14.0. The number of nitrogens with zero attached hydrogens (tertiary/aromatic N) is 1. The molecule has 1 atom stereocenters. The molecule has 5 nitrogen and oxygen atoms in total. The van der Waals surface area contributed by atoms with Crippen molar-refractivity contribution in [2.75, 3.05) is 23.3 Å². The van der Waals surface area contributed by atoms with Crippen molar-refractivity contribution in [1.82, 2.24) is 0 Å². The number of rotatable bonds is 5. The number of nitrogens with one attached hydrogen (secondary N) is 1. The van der Waals surface area contributed by atoms with Gasteiger partial charge in [-0.15, -0.1) is 0 Å². The van der Waals surface area contributed by atoms with E-state index in [9.17, 15) is 18.0 Å². The number of hydrogen-bond donors (Lipinski definition) is 1. The SMILES string of the molecule is CCN(CC)c1c(Nc2ccc3c(c2)Oc2ccccc2C32OC(=O)c3ccccc32)cccc1C(F)(F)F. The summed E-state index contributed by atoms with van der Waals surface area (Å²) in [7, 11) is 0. The molecule has 0 fully saturated rings. The van der Waals surface area contributed by atoms with E-state index in [0.717, 1.165) is 11.6 Å². The molecule has 39 heavy (non-hydrogen) atoms. The Bertz CT molecular complexity index is 1600. The van der Waals surface area contributed by atoms with Crippen LogP contribution in [0.5, 0.6) is 11.5 Å². The van der Waals surface area contributed by atoms with Crippen LogP contribution >= 0.6 is 0 Å². The molecule has 8 heteroatoms. The van der Waals surface area contributed by atoms with Gasteiger partial charge in [0.25, 0.3) is 0 Å². The lowest BCUT2D eigenvalue weighted by atomic mass is 9.77. The molecule has 0 aliphatic carbocycles. The number of halogens is 3. The molecule has 4 aromatic rings. The second-order valence-electron chi connectivity index (χ2n) is 9.42. The molecule has 2 aliphatic heterocycles. The Morgan fingerprint density at radius 1 is 0.821 bits per heavy atom. The largest absolute Gasteiger partial charge is 0.456 e. The highest BCUT2D eigenvalue weighted by Crippen LogP contribution is 2.56. The van der Waals surface area contributed by atoms with Gasteiger partial charge in [-0.25, -0.2) is 4.79 Å². The van der Waals surface area contributed by atoms with Crippen molar-refractivity contribution in [3.8, 4) is 11.5 Å². The Morgan fingerprint density at radius 2 is 1.51 bits per heavy atom. The summed E-state index contributed by atoms with van der Waals surface area (Å²) in [5, 5.41) is 3.19. The van der Waals surface area contributed by atoms with E-state index in [1.807, 2.05) is 44.2 Å². The van der Waals surface area contributed by atoms with Crippen molar-refractivity contribution in [1.29, 1.82) is 0 Å². The van der Waals surface area contributed by atoms with Crippen LogP contribution in [0, 0.1) is 0 Å². The molecule has 0 bridgehead atoms. The molecule has 1 unspecified atom stereocenters. The Labute approximate surface area is 223 Å². The molecule has 198 valence electrons. The summed E-state index contributed by atoms with van der Waals surface area (Å²) in [6.45, 7) is 4.47. The Hall–Kier alpha value is -4.46.